The maximum atomic E-state index is 11.9. The molecule has 1 rings (SSSR count). The van der Waals surface area contributed by atoms with Gasteiger partial charge in [0.25, 0.3) is 0 Å². The lowest BCUT2D eigenvalue weighted by Gasteiger charge is -2.36. The van der Waals surface area contributed by atoms with Crippen molar-refractivity contribution in [2.45, 2.75) is 27.2 Å². The molecular weight excluding hydrogens is 214 g/mol. The molecule has 1 aliphatic heterocycles. The van der Waals surface area contributed by atoms with E-state index < -0.39 is 0 Å². The molecule has 0 aromatic carbocycles. The number of hydrogen-bond donors (Lipinski definition) is 1. The summed E-state index contributed by atoms with van der Waals surface area (Å²) < 4.78 is 0. The lowest BCUT2D eigenvalue weighted by molar-refractivity contribution is -0.133. The van der Waals surface area contributed by atoms with Crippen LogP contribution in [0.4, 0.5) is 0 Å². The number of hydrogen-bond acceptors (Lipinski definition) is 3. The van der Waals surface area contributed by atoms with E-state index >= 15 is 0 Å². The molecule has 0 bridgehead atoms. The molecule has 0 aromatic rings. The molecule has 0 aromatic heterocycles. The van der Waals surface area contributed by atoms with Crippen molar-refractivity contribution in [2.24, 2.45) is 17.6 Å². The maximum Gasteiger partial charge on any atom is 0.222 e. The van der Waals surface area contributed by atoms with E-state index in [1.165, 1.54) is 0 Å². The number of rotatable bonds is 5. The zero-order valence-electron chi connectivity index (χ0n) is 11.5. The summed E-state index contributed by atoms with van der Waals surface area (Å²) in [6, 6.07) is 0. The van der Waals surface area contributed by atoms with Crippen LogP contribution in [0.3, 0.4) is 0 Å². The van der Waals surface area contributed by atoms with Gasteiger partial charge in [-0.3, -0.25) is 9.69 Å². The van der Waals surface area contributed by atoms with Crippen molar-refractivity contribution in [3.8, 4) is 0 Å². The van der Waals surface area contributed by atoms with Crippen LogP contribution in [0.5, 0.6) is 0 Å². The minimum Gasteiger partial charge on any atom is -0.340 e. The highest BCUT2D eigenvalue weighted by Gasteiger charge is 2.22. The highest BCUT2D eigenvalue weighted by atomic mass is 16.2. The highest BCUT2D eigenvalue weighted by molar-refractivity contribution is 5.76. The van der Waals surface area contributed by atoms with Crippen molar-refractivity contribution in [1.82, 2.24) is 9.80 Å². The van der Waals surface area contributed by atoms with Gasteiger partial charge in [-0.2, -0.15) is 0 Å². The van der Waals surface area contributed by atoms with E-state index in [1.807, 2.05) is 11.8 Å². The molecule has 0 radical (unpaired) electrons. The van der Waals surface area contributed by atoms with E-state index in [0.29, 0.717) is 24.8 Å². The standard InChI is InChI=1S/C13H27N3O/c1-11(2)10-15-4-6-16(7-5-15)13(17)8-12(3)9-14/h11-12H,4-10,14H2,1-3H3. The Morgan fingerprint density at radius 1 is 1.18 bits per heavy atom. The molecule has 100 valence electrons. The summed E-state index contributed by atoms with van der Waals surface area (Å²) in [5.74, 6) is 1.28. The Kier molecular flexibility index (Phi) is 5.92. The second kappa shape index (κ2) is 6.97. The van der Waals surface area contributed by atoms with Crippen molar-refractivity contribution < 1.29 is 4.79 Å². The maximum absolute atomic E-state index is 11.9. The lowest BCUT2D eigenvalue weighted by atomic mass is 10.1. The fourth-order valence-electron chi connectivity index (χ4n) is 2.21. The van der Waals surface area contributed by atoms with Crippen molar-refractivity contribution >= 4 is 5.91 Å². The molecular formula is C13H27N3O. The molecule has 0 aliphatic carbocycles. The third kappa shape index (κ3) is 5.04. The Morgan fingerprint density at radius 2 is 1.76 bits per heavy atom. The van der Waals surface area contributed by atoms with E-state index in [0.717, 1.165) is 32.7 Å². The largest absolute Gasteiger partial charge is 0.340 e. The van der Waals surface area contributed by atoms with Gasteiger partial charge in [-0.1, -0.05) is 20.8 Å². The van der Waals surface area contributed by atoms with E-state index in [-0.39, 0.29) is 5.91 Å². The molecule has 1 atom stereocenters. The summed E-state index contributed by atoms with van der Waals surface area (Å²) in [5, 5.41) is 0. The second-order valence-corrected chi connectivity index (χ2v) is 5.62. The predicted molar refractivity (Wildman–Crippen MR) is 70.7 cm³/mol. The summed E-state index contributed by atoms with van der Waals surface area (Å²) in [6.07, 6.45) is 0.598. The predicted octanol–water partition coefficient (Wildman–Crippen LogP) is 0.772. The molecule has 1 amide bonds. The van der Waals surface area contributed by atoms with Gasteiger partial charge in [0, 0.05) is 39.1 Å². The van der Waals surface area contributed by atoms with Crippen LogP contribution in [0.1, 0.15) is 27.2 Å². The van der Waals surface area contributed by atoms with Gasteiger partial charge in [-0.25, -0.2) is 0 Å². The highest BCUT2D eigenvalue weighted by Crippen LogP contribution is 2.09. The van der Waals surface area contributed by atoms with Crippen LogP contribution in [0.2, 0.25) is 0 Å². The monoisotopic (exact) mass is 241 g/mol. The number of amides is 1. The molecule has 0 spiro atoms. The molecule has 4 heteroatoms. The molecule has 1 aliphatic rings. The minimum absolute atomic E-state index is 0.271. The summed E-state index contributed by atoms with van der Waals surface area (Å²) in [7, 11) is 0. The normalized spacial score (nSPS) is 19.7. The summed E-state index contributed by atoms with van der Waals surface area (Å²) in [5.41, 5.74) is 5.55. The average molecular weight is 241 g/mol. The third-order valence-corrected chi connectivity index (χ3v) is 3.27. The number of carbonyl (C=O) groups excluding carboxylic acids is 1. The Balaban J connectivity index is 2.28. The number of piperazine rings is 1. The van der Waals surface area contributed by atoms with Gasteiger partial charge in [-0.05, 0) is 18.4 Å². The van der Waals surface area contributed by atoms with Gasteiger partial charge in [0.2, 0.25) is 5.91 Å². The molecule has 1 saturated heterocycles. The molecule has 1 heterocycles. The SMILES string of the molecule is CC(C)CN1CCN(C(=O)CC(C)CN)CC1. The van der Waals surface area contributed by atoms with E-state index in [2.05, 4.69) is 18.7 Å². The van der Waals surface area contributed by atoms with Gasteiger partial charge in [0.05, 0.1) is 0 Å². The van der Waals surface area contributed by atoms with Gasteiger partial charge in [0.15, 0.2) is 0 Å². The van der Waals surface area contributed by atoms with Crippen LogP contribution >= 0.6 is 0 Å². The lowest BCUT2D eigenvalue weighted by Crippen LogP contribution is -2.49. The smallest absolute Gasteiger partial charge is 0.222 e. The number of nitrogens with zero attached hydrogens (tertiary/aromatic N) is 2. The van der Waals surface area contributed by atoms with Crippen molar-refractivity contribution in [3.05, 3.63) is 0 Å². The second-order valence-electron chi connectivity index (χ2n) is 5.62. The molecule has 1 unspecified atom stereocenters. The topological polar surface area (TPSA) is 49.6 Å². The first-order valence-corrected chi connectivity index (χ1v) is 6.73. The van der Waals surface area contributed by atoms with Crippen LogP contribution in [-0.4, -0.2) is 55.0 Å². The third-order valence-electron chi connectivity index (χ3n) is 3.27. The first-order valence-electron chi connectivity index (χ1n) is 6.73. The van der Waals surface area contributed by atoms with E-state index in [9.17, 15) is 4.79 Å². The Bertz CT molecular complexity index is 235. The first kappa shape index (κ1) is 14.5. The Labute approximate surface area is 105 Å². The summed E-state index contributed by atoms with van der Waals surface area (Å²) in [6.45, 7) is 12.0. The number of carbonyl (C=O) groups is 1. The van der Waals surface area contributed by atoms with Crippen LogP contribution in [-0.2, 0) is 4.79 Å². The zero-order valence-corrected chi connectivity index (χ0v) is 11.5. The summed E-state index contributed by atoms with van der Waals surface area (Å²) >= 11 is 0. The van der Waals surface area contributed by atoms with Crippen molar-refractivity contribution in [3.63, 3.8) is 0 Å². The van der Waals surface area contributed by atoms with E-state index in [1.54, 1.807) is 0 Å². The molecule has 1 fully saturated rings. The summed E-state index contributed by atoms with van der Waals surface area (Å²) in [4.78, 5) is 16.4. The zero-order chi connectivity index (χ0) is 12.8. The Hall–Kier alpha value is -0.610. The van der Waals surface area contributed by atoms with Crippen molar-refractivity contribution in [2.75, 3.05) is 39.3 Å². The van der Waals surface area contributed by atoms with E-state index in [4.69, 9.17) is 5.73 Å². The van der Waals surface area contributed by atoms with Gasteiger partial charge < -0.3 is 10.6 Å². The molecule has 17 heavy (non-hydrogen) atoms. The van der Waals surface area contributed by atoms with Crippen molar-refractivity contribution in [1.29, 1.82) is 0 Å². The number of nitrogens with two attached hydrogens (primary N) is 1. The van der Waals surface area contributed by atoms with Crippen LogP contribution in [0.25, 0.3) is 0 Å². The van der Waals surface area contributed by atoms with Gasteiger partial charge >= 0.3 is 0 Å². The van der Waals surface area contributed by atoms with Crippen LogP contribution in [0.15, 0.2) is 0 Å². The van der Waals surface area contributed by atoms with Crippen LogP contribution < -0.4 is 5.73 Å². The Morgan fingerprint density at radius 3 is 2.24 bits per heavy atom. The fourth-order valence-corrected chi connectivity index (χ4v) is 2.21. The molecule has 2 N–H and O–H groups in total. The van der Waals surface area contributed by atoms with Gasteiger partial charge in [-0.15, -0.1) is 0 Å². The first-order chi connectivity index (χ1) is 8.02. The van der Waals surface area contributed by atoms with Crippen LogP contribution in [0, 0.1) is 11.8 Å². The minimum atomic E-state index is 0.271. The average Bonchev–Trinajstić information content (AvgIpc) is 2.28. The molecule has 0 saturated carbocycles. The van der Waals surface area contributed by atoms with Gasteiger partial charge in [0.1, 0.15) is 0 Å². The quantitative estimate of drug-likeness (QED) is 0.773. The molecule has 4 nitrogen and oxygen atoms in total. The fraction of sp³-hybridized carbons (Fsp3) is 0.923.